The number of carbonyl (C=O) groups excluding carboxylic acids is 1. The van der Waals surface area contributed by atoms with Gasteiger partial charge >= 0.3 is 0 Å². The van der Waals surface area contributed by atoms with Crippen molar-refractivity contribution in [3.05, 3.63) is 0 Å². The van der Waals surface area contributed by atoms with E-state index in [1.807, 2.05) is 11.6 Å². The normalized spacial score (nSPS) is 11.1. The minimum atomic E-state index is -3.35. The third-order valence-corrected chi connectivity index (χ3v) is 1.66. The SMILES string of the molecule is CCCCC(=O)NS(C)(=O)=O. The van der Waals surface area contributed by atoms with Gasteiger partial charge in [-0.1, -0.05) is 13.3 Å². The van der Waals surface area contributed by atoms with Crippen LogP contribution in [0.15, 0.2) is 0 Å². The fraction of sp³-hybridized carbons (Fsp3) is 0.833. The Morgan fingerprint density at radius 1 is 1.45 bits per heavy atom. The molecule has 66 valence electrons. The van der Waals surface area contributed by atoms with E-state index in [1.165, 1.54) is 0 Å². The predicted octanol–water partition coefficient (Wildman–Crippen LogP) is 0.252. The van der Waals surface area contributed by atoms with Crippen molar-refractivity contribution in [2.24, 2.45) is 0 Å². The van der Waals surface area contributed by atoms with E-state index in [2.05, 4.69) is 0 Å². The largest absolute Gasteiger partial charge is 0.274 e. The molecule has 0 heterocycles. The molecule has 0 bridgehead atoms. The summed E-state index contributed by atoms with van der Waals surface area (Å²) in [7, 11) is -3.35. The summed E-state index contributed by atoms with van der Waals surface area (Å²) in [5.74, 6) is -0.422. The molecular weight excluding hydrogens is 166 g/mol. The highest BCUT2D eigenvalue weighted by atomic mass is 32.2. The van der Waals surface area contributed by atoms with Gasteiger partial charge in [0.2, 0.25) is 15.9 Å². The Morgan fingerprint density at radius 2 is 2.00 bits per heavy atom. The Morgan fingerprint density at radius 3 is 2.36 bits per heavy atom. The third kappa shape index (κ3) is 7.32. The highest BCUT2D eigenvalue weighted by Gasteiger charge is 2.06. The molecule has 0 aromatic rings. The monoisotopic (exact) mass is 179 g/mol. The van der Waals surface area contributed by atoms with E-state index in [4.69, 9.17) is 0 Å². The Bertz CT molecular complexity index is 220. The molecule has 1 N–H and O–H groups in total. The van der Waals surface area contributed by atoms with Gasteiger partial charge in [-0.2, -0.15) is 0 Å². The van der Waals surface area contributed by atoms with Crippen molar-refractivity contribution in [3.63, 3.8) is 0 Å². The Hall–Kier alpha value is -0.580. The number of rotatable bonds is 4. The first kappa shape index (κ1) is 10.4. The second kappa shape index (κ2) is 4.33. The lowest BCUT2D eigenvalue weighted by molar-refractivity contribution is -0.119. The number of hydrogen-bond acceptors (Lipinski definition) is 3. The number of nitrogens with one attached hydrogen (secondary N) is 1. The van der Waals surface area contributed by atoms with Crippen molar-refractivity contribution < 1.29 is 13.2 Å². The summed E-state index contributed by atoms with van der Waals surface area (Å²) in [5, 5.41) is 0. The Kier molecular flexibility index (Phi) is 4.10. The van der Waals surface area contributed by atoms with Crippen LogP contribution in [0.25, 0.3) is 0 Å². The quantitative estimate of drug-likeness (QED) is 0.673. The summed E-state index contributed by atoms with van der Waals surface area (Å²) in [4.78, 5) is 10.7. The van der Waals surface area contributed by atoms with E-state index < -0.39 is 15.9 Å². The number of sulfonamides is 1. The van der Waals surface area contributed by atoms with Gasteiger partial charge in [-0.25, -0.2) is 8.42 Å². The fourth-order valence-electron chi connectivity index (χ4n) is 0.595. The zero-order valence-corrected chi connectivity index (χ0v) is 7.57. The van der Waals surface area contributed by atoms with Gasteiger partial charge in [0.15, 0.2) is 0 Å². The van der Waals surface area contributed by atoms with Crippen molar-refractivity contribution in [2.45, 2.75) is 26.2 Å². The third-order valence-electron chi connectivity index (χ3n) is 1.06. The van der Waals surface area contributed by atoms with Gasteiger partial charge in [-0.15, -0.1) is 0 Å². The molecule has 5 heteroatoms. The highest BCUT2D eigenvalue weighted by molar-refractivity contribution is 7.89. The Balaban J connectivity index is 3.71. The molecule has 11 heavy (non-hydrogen) atoms. The molecule has 0 aromatic carbocycles. The van der Waals surface area contributed by atoms with E-state index in [1.54, 1.807) is 0 Å². The maximum absolute atomic E-state index is 10.7. The minimum absolute atomic E-state index is 0.281. The number of hydrogen-bond donors (Lipinski definition) is 1. The topological polar surface area (TPSA) is 63.2 Å². The minimum Gasteiger partial charge on any atom is -0.274 e. The molecule has 0 aromatic heterocycles. The first-order chi connectivity index (χ1) is 4.95. The van der Waals surface area contributed by atoms with E-state index in [0.29, 0.717) is 0 Å². The van der Waals surface area contributed by atoms with Crippen molar-refractivity contribution in [2.75, 3.05) is 6.26 Å². The molecule has 4 nitrogen and oxygen atoms in total. The van der Waals surface area contributed by atoms with Crippen LogP contribution in [-0.4, -0.2) is 20.6 Å². The molecule has 0 radical (unpaired) electrons. The fourth-order valence-corrected chi connectivity index (χ4v) is 1.11. The smallest absolute Gasteiger partial charge is 0.233 e. The average molecular weight is 179 g/mol. The van der Waals surface area contributed by atoms with E-state index in [9.17, 15) is 13.2 Å². The maximum Gasteiger partial charge on any atom is 0.233 e. The van der Waals surface area contributed by atoms with E-state index >= 15 is 0 Å². The molecule has 1 amide bonds. The molecule has 0 fully saturated rings. The second-order valence-electron chi connectivity index (χ2n) is 2.40. The molecule has 0 aliphatic heterocycles. The molecular formula is C6H13NO3S. The molecule has 0 spiro atoms. The molecule has 0 unspecified atom stereocenters. The summed E-state index contributed by atoms with van der Waals surface area (Å²) in [6.45, 7) is 1.94. The van der Waals surface area contributed by atoms with Gasteiger partial charge in [0, 0.05) is 6.42 Å². The summed E-state index contributed by atoms with van der Waals surface area (Å²) < 4.78 is 22.8. The summed E-state index contributed by atoms with van der Waals surface area (Å²) in [6, 6.07) is 0. The molecule has 0 saturated carbocycles. The van der Waals surface area contributed by atoms with Crippen LogP contribution in [0.4, 0.5) is 0 Å². The van der Waals surface area contributed by atoms with Crippen LogP contribution in [0.1, 0.15) is 26.2 Å². The van der Waals surface area contributed by atoms with Crippen molar-refractivity contribution in [1.29, 1.82) is 0 Å². The lowest BCUT2D eigenvalue weighted by Crippen LogP contribution is -2.28. The zero-order valence-electron chi connectivity index (χ0n) is 6.75. The van der Waals surface area contributed by atoms with Crippen LogP contribution in [-0.2, 0) is 14.8 Å². The average Bonchev–Trinajstić information content (AvgIpc) is 1.79. The van der Waals surface area contributed by atoms with E-state index in [-0.39, 0.29) is 6.42 Å². The molecule has 0 rings (SSSR count). The van der Waals surface area contributed by atoms with Crippen LogP contribution in [0.3, 0.4) is 0 Å². The highest BCUT2D eigenvalue weighted by Crippen LogP contribution is 1.93. The van der Waals surface area contributed by atoms with E-state index in [0.717, 1.165) is 19.1 Å². The first-order valence-electron chi connectivity index (χ1n) is 3.46. The van der Waals surface area contributed by atoms with Crippen LogP contribution in [0, 0.1) is 0 Å². The standard InChI is InChI=1S/C6H13NO3S/c1-3-4-5-6(8)7-11(2,9)10/h3-5H2,1-2H3,(H,7,8). The van der Waals surface area contributed by atoms with Gasteiger partial charge in [-0.3, -0.25) is 9.52 Å². The number of unbranched alkanes of at least 4 members (excludes halogenated alkanes) is 1. The van der Waals surface area contributed by atoms with Gasteiger partial charge in [0.05, 0.1) is 6.26 Å². The van der Waals surface area contributed by atoms with Crippen LogP contribution >= 0.6 is 0 Å². The molecule has 0 saturated heterocycles. The lowest BCUT2D eigenvalue weighted by atomic mass is 10.2. The summed E-state index contributed by atoms with van der Waals surface area (Å²) in [5.41, 5.74) is 0. The lowest BCUT2D eigenvalue weighted by Gasteiger charge is -1.99. The first-order valence-corrected chi connectivity index (χ1v) is 5.35. The molecule has 0 aliphatic carbocycles. The van der Waals surface area contributed by atoms with Gasteiger partial charge in [-0.05, 0) is 6.42 Å². The van der Waals surface area contributed by atoms with Crippen molar-refractivity contribution >= 4 is 15.9 Å². The molecule has 0 atom stereocenters. The van der Waals surface area contributed by atoms with Gasteiger partial charge < -0.3 is 0 Å². The van der Waals surface area contributed by atoms with Gasteiger partial charge in [0.25, 0.3) is 0 Å². The predicted molar refractivity (Wildman–Crippen MR) is 42.5 cm³/mol. The van der Waals surface area contributed by atoms with Crippen LogP contribution in [0.5, 0.6) is 0 Å². The van der Waals surface area contributed by atoms with Gasteiger partial charge in [0.1, 0.15) is 0 Å². The zero-order chi connectivity index (χ0) is 8.91. The number of carbonyl (C=O) groups is 1. The van der Waals surface area contributed by atoms with Crippen molar-refractivity contribution in [1.82, 2.24) is 4.72 Å². The number of amides is 1. The second-order valence-corrected chi connectivity index (χ2v) is 4.15. The van der Waals surface area contributed by atoms with Crippen LogP contribution < -0.4 is 4.72 Å². The van der Waals surface area contributed by atoms with Crippen molar-refractivity contribution in [3.8, 4) is 0 Å². The Labute approximate surface area is 67.0 Å². The maximum atomic E-state index is 10.7. The molecule has 0 aliphatic rings. The van der Waals surface area contributed by atoms with Crippen LogP contribution in [0.2, 0.25) is 0 Å². The summed E-state index contributed by atoms with van der Waals surface area (Å²) in [6.07, 6.45) is 2.86. The summed E-state index contributed by atoms with van der Waals surface area (Å²) >= 11 is 0.